The van der Waals surface area contributed by atoms with Crippen LogP contribution in [0.1, 0.15) is 75.0 Å². The van der Waals surface area contributed by atoms with Gasteiger partial charge in [0.25, 0.3) is 0 Å². The molecule has 0 aromatic heterocycles. The van der Waals surface area contributed by atoms with Crippen LogP contribution in [0.15, 0.2) is 30.3 Å². The maximum atomic E-state index is 2.54. The first-order valence-electron chi connectivity index (χ1n) is 11.3. The van der Waals surface area contributed by atoms with E-state index in [0.29, 0.717) is 0 Å². The molecule has 0 spiro atoms. The van der Waals surface area contributed by atoms with Gasteiger partial charge < -0.3 is 0 Å². The molecule has 4 aliphatic carbocycles. The molecular weight excluding hydrogens is 312 g/mol. The normalized spacial score (nSPS) is 41.8. The topological polar surface area (TPSA) is 0 Å². The van der Waals surface area contributed by atoms with Crippen LogP contribution in [-0.4, -0.2) is 0 Å². The summed E-state index contributed by atoms with van der Waals surface area (Å²) in [5, 5.41) is 3.25. The Morgan fingerprint density at radius 3 is 2.04 bits per heavy atom. The molecule has 0 amide bonds. The zero-order valence-corrected chi connectivity index (χ0v) is 16.5. The van der Waals surface area contributed by atoms with Crippen molar-refractivity contribution in [1.29, 1.82) is 0 Å². The van der Waals surface area contributed by atoms with Gasteiger partial charge in [-0.15, -0.1) is 0 Å². The van der Waals surface area contributed by atoms with Crippen molar-refractivity contribution in [3.05, 3.63) is 47.0 Å². The molecule has 0 N–H and O–H groups in total. The van der Waals surface area contributed by atoms with Crippen LogP contribution in [0.25, 0.3) is 10.8 Å². The van der Waals surface area contributed by atoms with E-state index in [1.54, 1.807) is 27.5 Å². The highest BCUT2D eigenvalue weighted by molar-refractivity contribution is 5.95. The van der Waals surface area contributed by atoms with E-state index < -0.39 is 0 Å². The molecule has 2 bridgehead atoms. The predicted octanol–water partition coefficient (Wildman–Crippen LogP) is 6.92. The Morgan fingerprint density at radius 2 is 1.42 bits per heavy atom. The quantitative estimate of drug-likeness (QED) is 0.567. The van der Waals surface area contributed by atoms with E-state index in [0.717, 1.165) is 53.8 Å². The van der Waals surface area contributed by atoms with Gasteiger partial charge in [0.05, 0.1) is 0 Å². The van der Waals surface area contributed by atoms with Gasteiger partial charge in [0.2, 0.25) is 0 Å². The first-order valence-corrected chi connectivity index (χ1v) is 11.3. The van der Waals surface area contributed by atoms with Gasteiger partial charge in [-0.05, 0) is 94.1 Å². The fraction of sp³-hybridized carbons (Fsp3) is 0.615. The highest BCUT2D eigenvalue weighted by Gasteiger charge is 2.65. The van der Waals surface area contributed by atoms with E-state index in [4.69, 9.17) is 0 Å². The Balaban J connectivity index is 1.53. The third-order valence-electron chi connectivity index (χ3n) is 9.32. The van der Waals surface area contributed by atoms with Crippen molar-refractivity contribution in [3.63, 3.8) is 0 Å². The van der Waals surface area contributed by atoms with Gasteiger partial charge in [-0.3, -0.25) is 0 Å². The summed E-state index contributed by atoms with van der Waals surface area (Å²) in [7, 11) is 0. The van der Waals surface area contributed by atoms with Crippen LogP contribution in [0.5, 0.6) is 0 Å². The van der Waals surface area contributed by atoms with Crippen molar-refractivity contribution in [1.82, 2.24) is 0 Å². The molecule has 136 valence electrons. The Labute approximate surface area is 158 Å². The highest BCUT2D eigenvalue weighted by atomic mass is 14.7. The number of hydrogen-bond donors (Lipinski definition) is 0. The van der Waals surface area contributed by atoms with Crippen molar-refractivity contribution in [2.24, 2.45) is 35.5 Å². The summed E-state index contributed by atoms with van der Waals surface area (Å²) in [6, 6.07) is 12.2. The van der Waals surface area contributed by atoms with Gasteiger partial charge in [0.1, 0.15) is 0 Å². The third kappa shape index (κ3) is 1.68. The van der Waals surface area contributed by atoms with E-state index in [1.165, 1.54) is 25.7 Å². The average molecular weight is 345 g/mol. The maximum Gasteiger partial charge on any atom is -0.00525 e. The summed E-state index contributed by atoms with van der Waals surface area (Å²) in [6.07, 6.45) is 7.04. The summed E-state index contributed by atoms with van der Waals surface area (Å²) >= 11 is 0. The SMILES string of the molecule is CCc1ccc2c3c(cccc13)C1C3CC(C21)C1C(CC)CC(CC)C31. The van der Waals surface area contributed by atoms with E-state index >= 15 is 0 Å². The first kappa shape index (κ1) is 15.7. The monoisotopic (exact) mass is 344 g/mol. The predicted molar refractivity (Wildman–Crippen MR) is 110 cm³/mol. The minimum atomic E-state index is 0.844. The number of fused-ring (bicyclic) bond motifs is 10. The molecule has 0 heteroatoms. The fourth-order valence-electron chi connectivity index (χ4n) is 8.65. The lowest BCUT2D eigenvalue weighted by atomic mass is 9.65. The van der Waals surface area contributed by atoms with Crippen LogP contribution in [0.2, 0.25) is 0 Å². The van der Waals surface area contributed by atoms with E-state index in [9.17, 15) is 0 Å². The van der Waals surface area contributed by atoms with Crippen molar-refractivity contribution < 1.29 is 0 Å². The van der Waals surface area contributed by atoms with Gasteiger partial charge in [-0.2, -0.15) is 0 Å². The van der Waals surface area contributed by atoms with E-state index in [1.807, 2.05) is 0 Å². The van der Waals surface area contributed by atoms with Crippen LogP contribution in [0.4, 0.5) is 0 Å². The maximum absolute atomic E-state index is 2.54. The minimum absolute atomic E-state index is 0.844. The van der Waals surface area contributed by atoms with Gasteiger partial charge in [-0.25, -0.2) is 0 Å². The van der Waals surface area contributed by atoms with Gasteiger partial charge >= 0.3 is 0 Å². The molecule has 6 rings (SSSR count). The standard InChI is InChI=1S/C26H32/c1-4-14-10-11-19-24-17(14)8-7-9-18(24)25-20-13-21(26(19)25)23-16(6-3)12-15(5-2)22(20)23/h7-11,15-16,20-23,25-26H,4-6,12-13H2,1-3H3. The van der Waals surface area contributed by atoms with Crippen LogP contribution < -0.4 is 0 Å². The Kier molecular flexibility index (Phi) is 3.25. The summed E-state index contributed by atoms with van der Waals surface area (Å²) in [6.45, 7) is 7.23. The second-order valence-electron chi connectivity index (χ2n) is 9.78. The Bertz CT molecular complexity index is 843. The summed E-state index contributed by atoms with van der Waals surface area (Å²) < 4.78 is 0. The molecule has 0 nitrogen and oxygen atoms in total. The number of benzene rings is 2. The molecule has 2 aromatic rings. The molecular formula is C26H32. The van der Waals surface area contributed by atoms with Gasteiger partial charge in [0, 0.05) is 0 Å². The van der Waals surface area contributed by atoms with Crippen LogP contribution in [-0.2, 0) is 6.42 Å². The fourth-order valence-corrected chi connectivity index (χ4v) is 8.65. The number of hydrogen-bond acceptors (Lipinski definition) is 0. The molecule has 4 aliphatic rings. The molecule has 2 aromatic carbocycles. The zero-order chi connectivity index (χ0) is 17.6. The van der Waals surface area contributed by atoms with Crippen LogP contribution >= 0.6 is 0 Å². The summed E-state index contributed by atoms with van der Waals surface area (Å²) in [5.41, 5.74) is 5.02. The first-order chi connectivity index (χ1) is 12.8. The smallest absolute Gasteiger partial charge is 0.00525 e. The third-order valence-corrected chi connectivity index (χ3v) is 9.32. The van der Waals surface area contributed by atoms with E-state index in [2.05, 4.69) is 51.1 Å². The lowest BCUT2D eigenvalue weighted by Crippen LogP contribution is -2.32. The lowest BCUT2D eigenvalue weighted by Gasteiger charge is -2.39. The Hall–Kier alpha value is -1.30. The number of rotatable bonds is 3. The molecule has 0 aliphatic heterocycles. The van der Waals surface area contributed by atoms with Crippen molar-refractivity contribution >= 4 is 10.8 Å². The van der Waals surface area contributed by atoms with Crippen LogP contribution in [0.3, 0.4) is 0 Å². The minimum Gasteiger partial charge on any atom is -0.0651 e. The largest absolute Gasteiger partial charge is 0.0651 e. The molecule has 3 saturated carbocycles. The molecule has 8 unspecified atom stereocenters. The molecule has 0 radical (unpaired) electrons. The Morgan fingerprint density at radius 1 is 0.769 bits per heavy atom. The number of aryl methyl sites for hydroxylation is 1. The zero-order valence-electron chi connectivity index (χ0n) is 16.5. The van der Waals surface area contributed by atoms with Gasteiger partial charge in [-0.1, -0.05) is 63.9 Å². The van der Waals surface area contributed by atoms with Crippen molar-refractivity contribution in [3.8, 4) is 0 Å². The lowest BCUT2D eigenvalue weighted by molar-refractivity contribution is 0.149. The second-order valence-corrected chi connectivity index (χ2v) is 9.78. The van der Waals surface area contributed by atoms with E-state index in [-0.39, 0.29) is 0 Å². The van der Waals surface area contributed by atoms with Crippen molar-refractivity contribution in [2.45, 2.75) is 64.7 Å². The molecule has 8 atom stereocenters. The summed E-state index contributed by atoms with van der Waals surface area (Å²) in [5.74, 6) is 7.72. The molecule has 3 fully saturated rings. The molecule has 26 heavy (non-hydrogen) atoms. The van der Waals surface area contributed by atoms with Crippen molar-refractivity contribution in [2.75, 3.05) is 0 Å². The second kappa shape index (κ2) is 5.37. The highest BCUT2D eigenvalue weighted by Crippen LogP contribution is 2.74. The van der Waals surface area contributed by atoms with Gasteiger partial charge in [0.15, 0.2) is 0 Å². The molecule has 0 heterocycles. The average Bonchev–Trinajstić information content (AvgIpc) is 3.40. The van der Waals surface area contributed by atoms with Crippen LogP contribution in [0, 0.1) is 35.5 Å². The molecule has 0 saturated heterocycles. The summed E-state index contributed by atoms with van der Waals surface area (Å²) in [4.78, 5) is 0.